The minimum Gasteiger partial charge on any atom is -0.456 e. The number of furan rings is 1. The van der Waals surface area contributed by atoms with Crippen molar-refractivity contribution < 1.29 is 4.42 Å². The van der Waals surface area contributed by atoms with Crippen molar-refractivity contribution in [1.29, 1.82) is 0 Å². The Labute approximate surface area is 648 Å². The van der Waals surface area contributed by atoms with E-state index in [1.54, 1.807) is 0 Å². The normalized spacial score (nSPS) is 12.2. The monoisotopic (exact) mass is 1440 g/mol. The lowest BCUT2D eigenvalue weighted by molar-refractivity contribution is 0.669. The Morgan fingerprint density at radius 1 is 0.221 bits per heavy atom. The molecule has 0 aliphatic rings. The van der Waals surface area contributed by atoms with E-state index in [1.807, 2.05) is 24.5 Å². The lowest BCUT2D eigenvalue weighted by Gasteiger charge is -2.16. The first-order chi connectivity index (χ1) is 55.6. The number of hydrogen-bond acceptors (Lipinski definition) is 5. The second kappa shape index (κ2) is 23.9. The number of pyridine rings is 4. The topological polar surface area (TPSA) is 74.6 Å². The van der Waals surface area contributed by atoms with E-state index in [2.05, 4.69) is 340 Å². The molecule has 0 radical (unpaired) electrons. The van der Waals surface area contributed by atoms with Crippen LogP contribution in [-0.2, 0) is 0 Å². The Morgan fingerprint density at radius 2 is 0.619 bits per heavy atom. The van der Waals surface area contributed by atoms with Crippen LogP contribution in [0.3, 0.4) is 0 Å². The Bertz CT molecular complexity index is 8360. The summed E-state index contributed by atoms with van der Waals surface area (Å²) in [4.78, 5) is 20.0. The second-order valence-electron chi connectivity index (χ2n) is 31.0. The van der Waals surface area contributed by atoms with Gasteiger partial charge >= 0.3 is 0 Å². The molecule has 0 spiro atoms. The van der Waals surface area contributed by atoms with Gasteiger partial charge in [-0.2, -0.15) is 0 Å². The lowest BCUT2D eigenvalue weighted by Crippen LogP contribution is -1.96. The van der Waals surface area contributed by atoms with Gasteiger partial charge in [0.25, 0.3) is 0 Å². The molecule has 0 fully saturated rings. The van der Waals surface area contributed by atoms with Gasteiger partial charge in [-0.05, 0) is 275 Å². The molecular formula is C106H66N6O. The molecule has 0 bridgehead atoms. The molecule has 0 saturated carbocycles. The summed E-state index contributed by atoms with van der Waals surface area (Å²) in [6, 6.07) is 117. The van der Waals surface area contributed by atoms with Gasteiger partial charge in [0.1, 0.15) is 11.2 Å². The summed E-state index contributed by atoms with van der Waals surface area (Å²) >= 11 is 0. The minimum absolute atomic E-state index is 0.885. The maximum atomic E-state index is 6.64. The molecule has 17 aromatic carbocycles. The number of nitrogens with zero attached hydrogens (tertiary/aromatic N) is 6. The van der Waals surface area contributed by atoms with Crippen molar-refractivity contribution in [1.82, 2.24) is 29.1 Å². The fourth-order valence-corrected chi connectivity index (χ4v) is 19.2. The van der Waals surface area contributed by atoms with E-state index in [1.165, 1.54) is 136 Å². The van der Waals surface area contributed by atoms with Crippen LogP contribution in [0, 0.1) is 27.7 Å². The molecule has 7 aromatic heterocycles. The first-order valence-corrected chi connectivity index (χ1v) is 38.9. The predicted molar refractivity (Wildman–Crippen MR) is 475 cm³/mol. The van der Waals surface area contributed by atoms with Crippen LogP contribution >= 0.6 is 0 Å². The third-order valence-electron chi connectivity index (χ3n) is 24.6. The smallest absolute Gasteiger partial charge is 0.136 e. The molecule has 24 aromatic rings. The summed E-state index contributed by atoms with van der Waals surface area (Å²) < 4.78 is 11.6. The Kier molecular flexibility index (Phi) is 13.4. The zero-order chi connectivity index (χ0) is 74.6. The number of benzene rings is 17. The van der Waals surface area contributed by atoms with Gasteiger partial charge in [-0.15, -0.1) is 0 Å². The first-order valence-electron chi connectivity index (χ1n) is 38.9. The van der Waals surface area contributed by atoms with Crippen LogP contribution in [0.1, 0.15) is 22.3 Å². The third-order valence-corrected chi connectivity index (χ3v) is 24.6. The zero-order valence-corrected chi connectivity index (χ0v) is 62.3. The molecule has 7 nitrogen and oxygen atoms in total. The van der Waals surface area contributed by atoms with Crippen molar-refractivity contribution in [3.05, 3.63) is 350 Å². The van der Waals surface area contributed by atoms with E-state index in [0.717, 1.165) is 127 Å². The largest absolute Gasteiger partial charge is 0.456 e. The predicted octanol–water partition coefficient (Wildman–Crippen LogP) is 28.5. The Morgan fingerprint density at radius 3 is 1.21 bits per heavy atom. The van der Waals surface area contributed by atoms with Gasteiger partial charge in [-0.1, -0.05) is 188 Å². The quantitative estimate of drug-likeness (QED) is 0.149. The number of aryl methyl sites for hydroxylation is 4. The molecule has 24 rings (SSSR count). The van der Waals surface area contributed by atoms with Gasteiger partial charge in [0.05, 0.1) is 55.5 Å². The summed E-state index contributed by atoms with van der Waals surface area (Å²) in [6.07, 6.45) is 3.71. The van der Waals surface area contributed by atoms with E-state index >= 15 is 0 Å². The molecule has 526 valence electrons. The van der Waals surface area contributed by atoms with Crippen LogP contribution < -0.4 is 0 Å². The zero-order valence-electron chi connectivity index (χ0n) is 62.3. The summed E-state index contributed by atoms with van der Waals surface area (Å²) in [5.74, 6) is 0. The Balaban J connectivity index is 0.603. The van der Waals surface area contributed by atoms with Gasteiger partial charge in [-0.3, -0.25) is 9.97 Å². The van der Waals surface area contributed by atoms with Crippen LogP contribution in [0.25, 0.3) is 241 Å². The van der Waals surface area contributed by atoms with Crippen molar-refractivity contribution in [3.8, 4) is 67.3 Å². The van der Waals surface area contributed by atoms with Gasteiger partial charge < -0.3 is 13.6 Å². The molecule has 0 unspecified atom stereocenters. The van der Waals surface area contributed by atoms with Gasteiger partial charge in [0, 0.05) is 88.8 Å². The fraction of sp³-hybridized carbons (Fsp3) is 0.0377. The van der Waals surface area contributed by atoms with E-state index in [4.69, 9.17) is 24.4 Å². The standard InChI is InChI=1S/C106H66N6O/c1-59-49-83(95-42-34-66-27-25-64-15-13-45-107-103(64)105(66)109-95)61(3)47-81(59)69-32-40-76-85(52-69)73-17-5-6-18-74(73)88-55-93-79-20-8-11-23-98(79)112(100(93)57-90(76)88)72-38-44-99-92(54-72)78-19-7-10-22-97(78)111(99)71-36-29-63(30-37-71)68-31-39-75-86-53-70(33-41-77(86)91-58-102-94(56-89(91)87(75)51-68)80-21-9-12-24-101(80)113-102)82-48-62(4)84(50-60(82)2)96-43-35-67-28-26-65-16-14-46-108-104(65)106(67)110-96/h5-58H,1-4H3. The first kappa shape index (κ1) is 63.3. The van der Waals surface area contributed by atoms with Gasteiger partial charge in [-0.25, -0.2) is 9.97 Å². The van der Waals surface area contributed by atoms with E-state index in [9.17, 15) is 0 Å². The fourth-order valence-electron chi connectivity index (χ4n) is 19.2. The van der Waals surface area contributed by atoms with Crippen molar-refractivity contribution >= 4 is 174 Å². The molecule has 0 amide bonds. The average Bonchev–Trinajstić information content (AvgIpc) is 1.67. The molecule has 7 heterocycles. The number of aromatic nitrogens is 6. The summed E-state index contributed by atoms with van der Waals surface area (Å²) in [6.45, 7) is 8.88. The highest BCUT2D eigenvalue weighted by Crippen LogP contribution is 2.48. The van der Waals surface area contributed by atoms with E-state index < -0.39 is 0 Å². The minimum atomic E-state index is 0.885. The lowest BCUT2D eigenvalue weighted by atomic mass is 9.88. The molecule has 7 heteroatoms. The molecule has 0 atom stereocenters. The SMILES string of the molecule is Cc1cc(-c2ccc3ccc4cccnc4c3n2)c(C)cc1-c1ccc2c(c1)c1ccc(-c3ccc(-n4c5ccccc5c5cc(-n6c7ccccc7c7cc8c9ccccc9c9cc(-c%10cc(C)c(-c%11ccc%12ccc%13cccnc%13c%12n%11)cc%10C)ccc9c8cc76)ccc54)cc3)cc1c1cc3c(cc21)oc1ccccc13. The molecule has 113 heavy (non-hydrogen) atoms. The van der Waals surface area contributed by atoms with Gasteiger partial charge in [0.2, 0.25) is 0 Å². The van der Waals surface area contributed by atoms with Crippen LogP contribution in [0.15, 0.2) is 332 Å². The molecule has 0 aliphatic carbocycles. The number of hydrogen-bond donors (Lipinski definition) is 0. The number of rotatable bonds is 7. The second-order valence-corrected chi connectivity index (χ2v) is 31.0. The number of para-hydroxylation sites is 3. The molecule has 0 aliphatic heterocycles. The van der Waals surface area contributed by atoms with Crippen LogP contribution in [0.5, 0.6) is 0 Å². The maximum absolute atomic E-state index is 6.64. The average molecular weight is 1440 g/mol. The number of fused-ring (bicyclic) bond motifs is 27. The van der Waals surface area contributed by atoms with Gasteiger partial charge in [0.15, 0.2) is 0 Å². The molecule has 0 N–H and O–H groups in total. The van der Waals surface area contributed by atoms with E-state index in [-0.39, 0.29) is 0 Å². The van der Waals surface area contributed by atoms with Crippen LogP contribution in [0.2, 0.25) is 0 Å². The van der Waals surface area contributed by atoms with Crippen molar-refractivity contribution in [2.45, 2.75) is 27.7 Å². The van der Waals surface area contributed by atoms with Crippen molar-refractivity contribution in [2.75, 3.05) is 0 Å². The molecule has 0 saturated heterocycles. The maximum Gasteiger partial charge on any atom is 0.136 e. The Hall–Kier alpha value is -14.7. The third kappa shape index (κ3) is 9.49. The van der Waals surface area contributed by atoms with Crippen molar-refractivity contribution in [2.24, 2.45) is 0 Å². The van der Waals surface area contributed by atoms with Crippen LogP contribution in [-0.4, -0.2) is 29.1 Å². The highest BCUT2D eigenvalue weighted by atomic mass is 16.3. The molecular weight excluding hydrogens is 1370 g/mol. The van der Waals surface area contributed by atoms with Crippen molar-refractivity contribution in [3.63, 3.8) is 0 Å². The highest BCUT2D eigenvalue weighted by molar-refractivity contribution is 6.31. The summed E-state index contributed by atoms with van der Waals surface area (Å²) in [7, 11) is 0. The summed E-state index contributed by atoms with van der Waals surface area (Å²) in [5.41, 5.74) is 28.3. The van der Waals surface area contributed by atoms with E-state index in [0.29, 0.717) is 0 Å². The summed E-state index contributed by atoms with van der Waals surface area (Å²) in [5, 5.41) is 26.0. The highest BCUT2D eigenvalue weighted by Gasteiger charge is 2.24. The van der Waals surface area contributed by atoms with Crippen LogP contribution in [0.4, 0.5) is 0 Å².